The summed E-state index contributed by atoms with van der Waals surface area (Å²) in [6.45, 7) is 2.27. The normalized spacial score (nSPS) is 10.1. The van der Waals surface area contributed by atoms with E-state index in [1.54, 1.807) is 0 Å². The van der Waals surface area contributed by atoms with E-state index in [1.807, 2.05) is 13.0 Å². The van der Waals surface area contributed by atoms with Crippen LogP contribution in [0.1, 0.15) is 24.5 Å². The minimum Gasteiger partial charge on any atom is -0.423 e. The van der Waals surface area contributed by atoms with Crippen LogP contribution >= 0.6 is 0 Å². The molecule has 0 aliphatic heterocycles. The van der Waals surface area contributed by atoms with Crippen molar-refractivity contribution in [3.63, 3.8) is 0 Å². The molecule has 0 radical (unpaired) electrons. The van der Waals surface area contributed by atoms with Gasteiger partial charge in [0.15, 0.2) is 0 Å². The second kappa shape index (κ2) is 3.88. The fourth-order valence-electron chi connectivity index (χ4n) is 1.06. The largest absolute Gasteiger partial charge is 0.423 e. The fraction of sp³-hybridized carbons (Fsp3) is 0.375. The molecule has 2 aromatic heterocycles. The van der Waals surface area contributed by atoms with Crippen LogP contribution in [0.25, 0.3) is 0 Å². The highest BCUT2D eigenvalue weighted by Gasteiger charge is 2.06. The smallest absolute Gasteiger partial charge is 0.252 e. The van der Waals surface area contributed by atoms with Crippen LogP contribution in [0.15, 0.2) is 10.7 Å². The van der Waals surface area contributed by atoms with Gasteiger partial charge in [0.1, 0.15) is 18.9 Å². The van der Waals surface area contributed by atoms with E-state index in [-0.39, 0.29) is 5.82 Å². The van der Waals surface area contributed by atoms with Gasteiger partial charge in [0.25, 0.3) is 5.82 Å². The van der Waals surface area contributed by atoms with Gasteiger partial charge in [-0.2, -0.15) is 5.26 Å². The molecule has 0 amide bonds. The van der Waals surface area contributed by atoms with Crippen molar-refractivity contribution in [1.29, 1.82) is 5.26 Å². The van der Waals surface area contributed by atoms with Gasteiger partial charge in [-0.25, -0.2) is 9.67 Å². The lowest BCUT2D eigenvalue weighted by molar-refractivity contribution is 0.433. The van der Waals surface area contributed by atoms with Crippen molar-refractivity contribution in [1.82, 2.24) is 25.0 Å². The summed E-state index contributed by atoms with van der Waals surface area (Å²) >= 11 is 0. The first-order chi connectivity index (χ1) is 7.31. The predicted octanol–water partition coefficient (Wildman–Crippen LogP) is 0.143. The maximum Gasteiger partial charge on any atom is 0.252 e. The molecule has 0 saturated heterocycles. The van der Waals surface area contributed by atoms with Crippen LogP contribution in [0.2, 0.25) is 0 Å². The molecular weight excluding hydrogens is 196 g/mol. The van der Waals surface area contributed by atoms with Crippen molar-refractivity contribution in [3.05, 3.63) is 23.9 Å². The molecule has 7 heteroatoms. The Morgan fingerprint density at radius 2 is 2.27 bits per heavy atom. The highest BCUT2D eigenvalue weighted by Crippen LogP contribution is 2.02. The standard InChI is InChI=1S/C8H8N6O/c1-2-7-11-12-8(15-7)4-14-5-10-6(3-9)13-14/h5H,2,4H2,1H3. The van der Waals surface area contributed by atoms with Crippen molar-refractivity contribution < 1.29 is 4.42 Å². The molecule has 0 bridgehead atoms. The third-order valence-corrected chi connectivity index (χ3v) is 1.74. The monoisotopic (exact) mass is 204 g/mol. The van der Waals surface area contributed by atoms with Crippen LogP contribution in [-0.2, 0) is 13.0 Å². The zero-order valence-electron chi connectivity index (χ0n) is 8.08. The Kier molecular flexibility index (Phi) is 2.41. The Labute approximate surface area is 85.4 Å². The Morgan fingerprint density at radius 3 is 2.87 bits per heavy atom. The quantitative estimate of drug-likeness (QED) is 0.706. The van der Waals surface area contributed by atoms with Crippen molar-refractivity contribution in [3.8, 4) is 6.07 Å². The van der Waals surface area contributed by atoms with Gasteiger partial charge < -0.3 is 4.42 Å². The average molecular weight is 204 g/mol. The van der Waals surface area contributed by atoms with E-state index in [0.29, 0.717) is 24.7 Å². The van der Waals surface area contributed by atoms with Crippen molar-refractivity contribution >= 4 is 0 Å². The van der Waals surface area contributed by atoms with Crippen LogP contribution in [0.4, 0.5) is 0 Å². The van der Waals surface area contributed by atoms with Gasteiger partial charge >= 0.3 is 0 Å². The second-order valence-corrected chi connectivity index (χ2v) is 2.82. The lowest BCUT2D eigenvalue weighted by Gasteiger charge is -1.92. The molecule has 0 fully saturated rings. The van der Waals surface area contributed by atoms with E-state index in [1.165, 1.54) is 11.0 Å². The highest BCUT2D eigenvalue weighted by molar-refractivity contribution is 5.05. The molecule has 0 unspecified atom stereocenters. The zero-order valence-corrected chi connectivity index (χ0v) is 8.08. The first-order valence-corrected chi connectivity index (χ1v) is 4.42. The summed E-state index contributed by atoms with van der Waals surface area (Å²) in [7, 11) is 0. The number of rotatable bonds is 3. The fourth-order valence-corrected chi connectivity index (χ4v) is 1.06. The molecule has 0 aromatic carbocycles. The van der Waals surface area contributed by atoms with Crippen molar-refractivity contribution in [2.45, 2.75) is 19.9 Å². The molecule has 15 heavy (non-hydrogen) atoms. The van der Waals surface area contributed by atoms with Gasteiger partial charge in [-0.15, -0.1) is 15.3 Å². The molecule has 76 valence electrons. The van der Waals surface area contributed by atoms with E-state index in [4.69, 9.17) is 9.68 Å². The summed E-state index contributed by atoms with van der Waals surface area (Å²) in [5.41, 5.74) is 0. The maximum atomic E-state index is 8.52. The van der Waals surface area contributed by atoms with Gasteiger partial charge in [-0.05, 0) is 0 Å². The predicted molar refractivity (Wildman–Crippen MR) is 47.5 cm³/mol. The number of aryl methyl sites for hydroxylation is 1. The van der Waals surface area contributed by atoms with Gasteiger partial charge in [0.2, 0.25) is 11.8 Å². The lowest BCUT2D eigenvalue weighted by atomic mass is 10.5. The van der Waals surface area contributed by atoms with Crippen LogP contribution in [-0.4, -0.2) is 25.0 Å². The Bertz CT molecular complexity index is 493. The number of aromatic nitrogens is 5. The second-order valence-electron chi connectivity index (χ2n) is 2.82. The Hall–Kier alpha value is -2.23. The lowest BCUT2D eigenvalue weighted by Crippen LogP contribution is -2.00. The molecule has 2 heterocycles. The number of hydrogen-bond donors (Lipinski definition) is 0. The SMILES string of the molecule is CCc1nnc(Cn2cnc(C#N)n2)o1. The molecule has 0 aliphatic carbocycles. The molecule has 0 atom stereocenters. The van der Waals surface area contributed by atoms with E-state index < -0.39 is 0 Å². The zero-order chi connectivity index (χ0) is 10.7. The van der Waals surface area contributed by atoms with Crippen molar-refractivity contribution in [2.24, 2.45) is 0 Å². The van der Waals surface area contributed by atoms with Gasteiger partial charge in [-0.1, -0.05) is 6.92 Å². The van der Waals surface area contributed by atoms with E-state index >= 15 is 0 Å². The number of hydrogen-bond acceptors (Lipinski definition) is 6. The summed E-state index contributed by atoms with van der Waals surface area (Å²) in [4.78, 5) is 3.76. The molecule has 0 saturated carbocycles. The molecular formula is C8H8N6O. The Balaban J connectivity index is 2.11. The van der Waals surface area contributed by atoms with Gasteiger partial charge in [0.05, 0.1) is 0 Å². The van der Waals surface area contributed by atoms with Crippen LogP contribution < -0.4 is 0 Å². The number of nitriles is 1. The third-order valence-electron chi connectivity index (χ3n) is 1.74. The first-order valence-electron chi connectivity index (χ1n) is 4.42. The first kappa shape index (κ1) is 9.33. The summed E-state index contributed by atoms with van der Waals surface area (Å²) in [6, 6.07) is 1.84. The van der Waals surface area contributed by atoms with Gasteiger partial charge in [-0.3, -0.25) is 0 Å². The summed E-state index contributed by atoms with van der Waals surface area (Å²) in [6.07, 6.45) is 2.15. The Morgan fingerprint density at radius 1 is 1.47 bits per heavy atom. The highest BCUT2D eigenvalue weighted by atomic mass is 16.4. The minimum absolute atomic E-state index is 0.130. The molecule has 0 N–H and O–H groups in total. The summed E-state index contributed by atoms with van der Waals surface area (Å²) in [5.74, 6) is 1.18. The van der Waals surface area contributed by atoms with E-state index in [0.717, 1.165) is 0 Å². The van der Waals surface area contributed by atoms with E-state index in [9.17, 15) is 0 Å². The van der Waals surface area contributed by atoms with Crippen LogP contribution in [0, 0.1) is 11.3 Å². The maximum absolute atomic E-state index is 8.52. The molecule has 2 rings (SSSR count). The van der Waals surface area contributed by atoms with Gasteiger partial charge in [0, 0.05) is 6.42 Å². The van der Waals surface area contributed by atoms with E-state index in [2.05, 4.69) is 20.3 Å². The number of nitrogens with zero attached hydrogens (tertiary/aromatic N) is 6. The molecule has 0 aliphatic rings. The van der Waals surface area contributed by atoms with Crippen molar-refractivity contribution in [2.75, 3.05) is 0 Å². The summed E-state index contributed by atoms with van der Waals surface area (Å²) in [5, 5.41) is 20.0. The average Bonchev–Trinajstić information content (AvgIpc) is 2.87. The van der Waals surface area contributed by atoms with Crippen LogP contribution in [0.3, 0.4) is 0 Å². The summed E-state index contributed by atoms with van der Waals surface area (Å²) < 4.78 is 6.76. The molecule has 2 aromatic rings. The third kappa shape index (κ3) is 1.99. The van der Waals surface area contributed by atoms with Crippen LogP contribution in [0.5, 0.6) is 0 Å². The molecule has 7 nitrogen and oxygen atoms in total. The minimum atomic E-state index is 0.130. The molecule has 0 spiro atoms. The topological polar surface area (TPSA) is 93.4 Å².